The van der Waals surface area contributed by atoms with Crippen LogP contribution in [0.25, 0.3) is 0 Å². The Kier molecular flexibility index (Phi) is 16.3. The third-order valence-corrected chi connectivity index (χ3v) is 6.57. The van der Waals surface area contributed by atoms with Crippen LogP contribution in [0.1, 0.15) is 142 Å². The van der Waals surface area contributed by atoms with Crippen LogP contribution in [-0.2, 0) is 0 Å². The van der Waals surface area contributed by atoms with Crippen molar-refractivity contribution in [3.63, 3.8) is 0 Å². The number of rotatable bonds is 20. The molecular weight excluding hydrogens is 382 g/mol. The quantitative estimate of drug-likeness (QED) is 0.159. The molecule has 1 rings (SSSR count). The molecule has 0 aliphatic heterocycles. The third-order valence-electron chi connectivity index (χ3n) is 6.57. The van der Waals surface area contributed by atoms with Crippen molar-refractivity contribution in [2.45, 2.75) is 142 Å². The largest absolute Gasteiger partial charge is 0.494 e. The second-order valence-corrected chi connectivity index (χ2v) is 9.41. The smallest absolute Gasteiger partial charge is 0.194 e. The number of nitrogens with zero attached hydrogens (tertiary/aromatic N) is 1. The number of unbranched alkanes of at least 4 members (excludes halogenated alkanes) is 15. The molecule has 0 aliphatic carbocycles. The molecule has 3 nitrogen and oxygen atoms in total. The summed E-state index contributed by atoms with van der Waals surface area (Å²) in [5.74, 6) is 0.331. The van der Waals surface area contributed by atoms with Gasteiger partial charge in [-0.25, -0.2) is 0 Å². The highest BCUT2D eigenvalue weighted by Crippen LogP contribution is 2.34. The van der Waals surface area contributed by atoms with Crippen molar-refractivity contribution in [3.05, 3.63) is 23.8 Å². The van der Waals surface area contributed by atoms with Gasteiger partial charge in [0.05, 0.1) is 6.04 Å². The molecule has 1 heterocycles. The van der Waals surface area contributed by atoms with E-state index in [2.05, 4.69) is 26.8 Å². The second kappa shape index (κ2) is 18.2. The molecule has 0 aromatic carbocycles. The number of hydrogen-bond acceptors (Lipinski definition) is 2. The molecule has 1 aromatic rings. The Balaban J connectivity index is 2.33. The van der Waals surface area contributed by atoms with Crippen LogP contribution in [0.5, 0.6) is 11.8 Å². The molecule has 0 fully saturated rings. The lowest BCUT2D eigenvalue weighted by Crippen LogP contribution is -2.10. The minimum atomic E-state index is 0.0596. The molecule has 0 spiro atoms. The van der Waals surface area contributed by atoms with Gasteiger partial charge < -0.3 is 10.2 Å². The van der Waals surface area contributed by atoms with Gasteiger partial charge in [0, 0.05) is 12.1 Å². The van der Waals surface area contributed by atoms with Crippen molar-refractivity contribution >= 4 is 0 Å². The molecule has 0 saturated carbocycles. The summed E-state index contributed by atoms with van der Waals surface area (Å²) in [6.45, 7) is 6.67. The van der Waals surface area contributed by atoms with Crippen LogP contribution in [0.15, 0.2) is 23.8 Å². The van der Waals surface area contributed by atoms with Crippen molar-refractivity contribution < 1.29 is 10.2 Å². The predicted octanol–water partition coefficient (Wildman–Crippen LogP) is 9.45. The van der Waals surface area contributed by atoms with Gasteiger partial charge in [-0.3, -0.25) is 4.57 Å². The fraction of sp³-hybridized carbons (Fsp3) is 0.786. The summed E-state index contributed by atoms with van der Waals surface area (Å²) in [7, 11) is 0. The fourth-order valence-corrected chi connectivity index (χ4v) is 4.52. The first-order valence-corrected chi connectivity index (χ1v) is 13.4. The fourth-order valence-electron chi connectivity index (χ4n) is 4.52. The lowest BCUT2D eigenvalue weighted by atomic mass is 9.98. The van der Waals surface area contributed by atoms with Gasteiger partial charge in [-0.15, -0.1) is 0 Å². The van der Waals surface area contributed by atoms with E-state index in [1.165, 1.54) is 102 Å². The van der Waals surface area contributed by atoms with E-state index in [4.69, 9.17) is 0 Å². The van der Waals surface area contributed by atoms with Crippen molar-refractivity contribution in [2.24, 2.45) is 0 Å². The zero-order valence-corrected chi connectivity index (χ0v) is 20.9. The van der Waals surface area contributed by atoms with Crippen LogP contribution in [0.2, 0.25) is 0 Å². The monoisotopic (exact) mass is 433 g/mol. The van der Waals surface area contributed by atoms with Crippen molar-refractivity contribution in [1.82, 2.24) is 4.57 Å². The normalized spacial score (nSPS) is 13.1. The lowest BCUT2D eigenvalue weighted by Gasteiger charge is -2.22. The molecule has 2 N–H and O–H groups in total. The van der Waals surface area contributed by atoms with E-state index in [-0.39, 0.29) is 17.8 Å². The minimum absolute atomic E-state index is 0.0596. The van der Waals surface area contributed by atoms with Crippen LogP contribution in [0, 0.1) is 0 Å². The lowest BCUT2D eigenvalue weighted by molar-refractivity contribution is 0.336. The van der Waals surface area contributed by atoms with Gasteiger partial charge in [0.2, 0.25) is 0 Å². The summed E-state index contributed by atoms with van der Waals surface area (Å²) in [5, 5.41) is 20.5. The van der Waals surface area contributed by atoms with E-state index >= 15 is 0 Å². The maximum atomic E-state index is 10.2. The van der Waals surface area contributed by atoms with Gasteiger partial charge in [-0.2, -0.15) is 0 Å². The number of allylic oxidation sites excluding steroid dienone is 2. The number of aromatic hydroxyl groups is 2. The molecule has 1 unspecified atom stereocenters. The maximum absolute atomic E-state index is 10.2. The summed E-state index contributed by atoms with van der Waals surface area (Å²) in [6.07, 6.45) is 25.6. The summed E-state index contributed by atoms with van der Waals surface area (Å²) in [5.41, 5.74) is 1.27. The number of aromatic nitrogens is 1. The molecule has 3 heteroatoms. The third kappa shape index (κ3) is 12.3. The molecular formula is C28H51NO2. The van der Waals surface area contributed by atoms with Crippen LogP contribution in [0.4, 0.5) is 0 Å². The van der Waals surface area contributed by atoms with Gasteiger partial charge in [0.25, 0.3) is 0 Å². The van der Waals surface area contributed by atoms with Crippen LogP contribution < -0.4 is 0 Å². The van der Waals surface area contributed by atoms with Crippen molar-refractivity contribution in [3.8, 4) is 11.8 Å². The van der Waals surface area contributed by atoms with E-state index < -0.39 is 0 Å². The van der Waals surface area contributed by atoms with Gasteiger partial charge in [0.1, 0.15) is 0 Å². The zero-order chi connectivity index (χ0) is 22.7. The van der Waals surface area contributed by atoms with Gasteiger partial charge in [-0.1, -0.05) is 122 Å². The maximum Gasteiger partial charge on any atom is 0.194 e. The first-order chi connectivity index (χ1) is 15.1. The highest BCUT2D eigenvalue weighted by molar-refractivity contribution is 5.28. The highest BCUT2D eigenvalue weighted by Gasteiger charge is 2.18. The first kappa shape index (κ1) is 27.7. The van der Waals surface area contributed by atoms with Crippen molar-refractivity contribution in [2.75, 3.05) is 0 Å². The molecule has 0 amide bonds. The number of hydrogen-bond donors (Lipinski definition) is 2. The topological polar surface area (TPSA) is 45.4 Å². The standard InChI is InChI=1S/C28H51NO2/c1-4-6-8-10-11-12-13-14-15-16-18-19-21-25(3)26(22-20-17-9-7-5-2)29-27(30)23-24-28(29)31/h21,23-24,26,30-31H,4-20,22H2,1-3H3. The predicted molar refractivity (Wildman–Crippen MR) is 135 cm³/mol. The highest BCUT2D eigenvalue weighted by atomic mass is 16.3. The van der Waals surface area contributed by atoms with E-state index in [0.29, 0.717) is 0 Å². The average Bonchev–Trinajstić information content (AvgIpc) is 3.09. The van der Waals surface area contributed by atoms with Gasteiger partial charge >= 0.3 is 0 Å². The summed E-state index contributed by atoms with van der Waals surface area (Å²) >= 11 is 0. The Morgan fingerprint density at radius 1 is 0.710 bits per heavy atom. The van der Waals surface area contributed by atoms with E-state index in [9.17, 15) is 10.2 Å². The average molecular weight is 434 g/mol. The Bertz CT molecular complexity index is 556. The van der Waals surface area contributed by atoms with Gasteiger partial charge in [-0.05, 0) is 26.2 Å². The molecule has 0 aliphatic rings. The molecule has 0 radical (unpaired) electrons. The molecule has 31 heavy (non-hydrogen) atoms. The van der Waals surface area contributed by atoms with Crippen LogP contribution in [-0.4, -0.2) is 14.8 Å². The molecule has 0 bridgehead atoms. The summed E-state index contributed by atoms with van der Waals surface area (Å²) in [4.78, 5) is 0. The summed E-state index contributed by atoms with van der Waals surface area (Å²) in [6, 6.07) is 3.25. The molecule has 1 atom stereocenters. The Morgan fingerprint density at radius 2 is 1.13 bits per heavy atom. The SMILES string of the molecule is CCCCCCCCCCCCCC=C(C)C(CCCCCCC)n1c(O)ccc1O. The van der Waals surface area contributed by atoms with E-state index in [1.54, 1.807) is 16.7 Å². The van der Waals surface area contributed by atoms with E-state index in [1.807, 2.05) is 0 Å². The second-order valence-electron chi connectivity index (χ2n) is 9.41. The van der Waals surface area contributed by atoms with Crippen LogP contribution >= 0.6 is 0 Å². The molecule has 180 valence electrons. The summed E-state index contributed by atoms with van der Waals surface area (Å²) < 4.78 is 1.70. The zero-order valence-electron chi connectivity index (χ0n) is 20.9. The molecule has 0 saturated heterocycles. The molecule has 1 aromatic heterocycles. The minimum Gasteiger partial charge on any atom is -0.494 e. The van der Waals surface area contributed by atoms with E-state index in [0.717, 1.165) is 19.3 Å². The van der Waals surface area contributed by atoms with Gasteiger partial charge in [0.15, 0.2) is 11.8 Å². The Morgan fingerprint density at radius 3 is 1.61 bits per heavy atom. The Labute approximate surface area is 193 Å². The van der Waals surface area contributed by atoms with Crippen LogP contribution in [0.3, 0.4) is 0 Å². The Hall–Kier alpha value is -1.38. The first-order valence-electron chi connectivity index (χ1n) is 13.4. The van der Waals surface area contributed by atoms with Crippen molar-refractivity contribution in [1.29, 1.82) is 0 Å².